The molecule has 1 aromatic carbocycles. The highest BCUT2D eigenvalue weighted by molar-refractivity contribution is 14.1. The minimum atomic E-state index is 0.274. The third kappa shape index (κ3) is 1.72. The Hall–Kier alpha value is -1.11. The number of H-pyrrole nitrogens is 1. The fourth-order valence-electron chi connectivity index (χ4n) is 1.20. The van der Waals surface area contributed by atoms with Crippen LogP contribution in [0, 0.1) is 10.5 Å². The lowest BCUT2D eigenvalue weighted by molar-refractivity contribution is 1.10. The zero-order chi connectivity index (χ0) is 10.1. The average molecular weight is 300 g/mol. The highest BCUT2D eigenvalue weighted by Crippen LogP contribution is 2.20. The van der Waals surface area contributed by atoms with Gasteiger partial charge in [0.25, 0.3) is 0 Å². The Morgan fingerprint density at radius 3 is 2.79 bits per heavy atom. The van der Waals surface area contributed by atoms with Crippen molar-refractivity contribution >= 4 is 28.5 Å². The maximum atomic E-state index is 5.43. The second-order valence-electron chi connectivity index (χ2n) is 3.01. The molecule has 0 saturated heterocycles. The van der Waals surface area contributed by atoms with Gasteiger partial charge < -0.3 is 5.73 Å². The van der Waals surface area contributed by atoms with E-state index < -0.39 is 0 Å². The van der Waals surface area contributed by atoms with Gasteiger partial charge in [-0.15, -0.1) is 5.10 Å². The number of aryl methyl sites for hydroxylation is 1. The third-order valence-corrected chi connectivity index (χ3v) is 3.14. The van der Waals surface area contributed by atoms with Gasteiger partial charge in [-0.25, -0.2) is 0 Å². The number of aromatic nitrogens is 3. The number of nitrogen functional groups attached to an aromatic ring is 1. The van der Waals surface area contributed by atoms with Gasteiger partial charge in [0.05, 0.1) is 0 Å². The Labute approximate surface area is 95.1 Å². The number of aromatic amines is 1. The van der Waals surface area contributed by atoms with Crippen LogP contribution in [0.25, 0.3) is 11.4 Å². The van der Waals surface area contributed by atoms with E-state index in [1.165, 1.54) is 9.13 Å². The predicted octanol–water partition coefficient (Wildman–Crippen LogP) is 1.97. The molecule has 4 nitrogen and oxygen atoms in total. The summed E-state index contributed by atoms with van der Waals surface area (Å²) in [5.41, 5.74) is 7.66. The van der Waals surface area contributed by atoms with Gasteiger partial charge in [-0.3, -0.25) is 5.10 Å². The standard InChI is InChI=1S/C9H9IN4/c1-5-4-6(2-3-7(5)10)8-12-9(11)14-13-8/h2-4H,1H3,(H3,11,12,13,14). The Morgan fingerprint density at radius 2 is 2.21 bits per heavy atom. The van der Waals surface area contributed by atoms with Crippen LogP contribution >= 0.6 is 22.6 Å². The summed E-state index contributed by atoms with van der Waals surface area (Å²) < 4.78 is 1.24. The molecule has 1 aromatic heterocycles. The van der Waals surface area contributed by atoms with Gasteiger partial charge in [0.1, 0.15) is 0 Å². The predicted molar refractivity (Wildman–Crippen MR) is 63.7 cm³/mol. The SMILES string of the molecule is Cc1cc(-c2nc(N)n[nH]2)ccc1I. The molecule has 0 atom stereocenters. The molecule has 0 aliphatic rings. The summed E-state index contributed by atoms with van der Waals surface area (Å²) in [6.45, 7) is 2.06. The number of nitrogens with one attached hydrogen (secondary N) is 1. The second kappa shape index (κ2) is 3.56. The van der Waals surface area contributed by atoms with Crippen LogP contribution in [0.15, 0.2) is 18.2 Å². The fourth-order valence-corrected chi connectivity index (χ4v) is 1.53. The van der Waals surface area contributed by atoms with Gasteiger partial charge in [0.2, 0.25) is 5.95 Å². The normalized spacial score (nSPS) is 10.4. The number of nitrogens with zero attached hydrogens (tertiary/aromatic N) is 2. The molecule has 0 unspecified atom stereocenters. The first-order valence-electron chi connectivity index (χ1n) is 4.11. The van der Waals surface area contributed by atoms with Crippen molar-refractivity contribution in [2.24, 2.45) is 0 Å². The Bertz CT molecular complexity index is 464. The summed E-state index contributed by atoms with van der Waals surface area (Å²) in [4.78, 5) is 4.06. The van der Waals surface area contributed by atoms with Crippen molar-refractivity contribution in [3.05, 3.63) is 27.3 Å². The van der Waals surface area contributed by atoms with Crippen LogP contribution in [-0.2, 0) is 0 Å². The lowest BCUT2D eigenvalue weighted by Crippen LogP contribution is -1.86. The van der Waals surface area contributed by atoms with Gasteiger partial charge in [-0.05, 0) is 47.2 Å². The van der Waals surface area contributed by atoms with Gasteiger partial charge in [-0.1, -0.05) is 6.07 Å². The van der Waals surface area contributed by atoms with Crippen molar-refractivity contribution < 1.29 is 0 Å². The number of rotatable bonds is 1. The summed E-state index contributed by atoms with van der Waals surface area (Å²) in [5, 5.41) is 6.56. The van der Waals surface area contributed by atoms with Crippen molar-refractivity contribution in [2.45, 2.75) is 6.92 Å². The molecule has 3 N–H and O–H groups in total. The van der Waals surface area contributed by atoms with Crippen LogP contribution < -0.4 is 5.73 Å². The van der Waals surface area contributed by atoms with Crippen LogP contribution in [0.4, 0.5) is 5.95 Å². The van der Waals surface area contributed by atoms with Crippen LogP contribution in [0.1, 0.15) is 5.56 Å². The molecule has 72 valence electrons. The third-order valence-electron chi connectivity index (χ3n) is 1.93. The molecule has 5 heteroatoms. The fraction of sp³-hybridized carbons (Fsp3) is 0.111. The van der Waals surface area contributed by atoms with Crippen molar-refractivity contribution in [1.29, 1.82) is 0 Å². The Morgan fingerprint density at radius 1 is 1.43 bits per heavy atom. The quantitative estimate of drug-likeness (QED) is 0.791. The van der Waals surface area contributed by atoms with Gasteiger partial charge in [-0.2, -0.15) is 4.98 Å². The molecule has 14 heavy (non-hydrogen) atoms. The molecule has 2 rings (SSSR count). The number of hydrogen-bond acceptors (Lipinski definition) is 3. The van der Waals surface area contributed by atoms with Crippen molar-refractivity contribution in [1.82, 2.24) is 15.2 Å². The highest BCUT2D eigenvalue weighted by Gasteiger charge is 2.04. The zero-order valence-electron chi connectivity index (χ0n) is 7.58. The first kappa shape index (κ1) is 9.45. The number of benzene rings is 1. The van der Waals surface area contributed by atoms with E-state index in [0.717, 1.165) is 5.56 Å². The number of halogens is 1. The molecule has 0 aliphatic carbocycles. The molecule has 1 heterocycles. The van der Waals surface area contributed by atoms with Crippen LogP contribution in [0.5, 0.6) is 0 Å². The van der Waals surface area contributed by atoms with Crippen molar-refractivity contribution in [2.75, 3.05) is 5.73 Å². The Balaban J connectivity index is 2.47. The first-order chi connectivity index (χ1) is 6.66. The minimum absolute atomic E-state index is 0.274. The van der Waals surface area contributed by atoms with E-state index in [4.69, 9.17) is 5.73 Å². The molecule has 0 amide bonds. The van der Waals surface area contributed by atoms with E-state index in [0.29, 0.717) is 5.82 Å². The van der Waals surface area contributed by atoms with E-state index in [1.54, 1.807) is 0 Å². The number of hydrogen-bond donors (Lipinski definition) is 2. The topological polar surface area (TPSA) is 67.6 Å². The molecule has 0 aliphatic heterocycles. The summed E-state index contributed by atoms with van der Waals surface area (Å²) >= 11 is 2.29. The van der Waals surface area contributed by atoms with E-state index >= 15 is 0 Å². The lowest BCUT2D eigenvalue weighted by Gasteiger charge is -2.00. The number of nitrogens with two attached hydrogens (primary N) is 1. The molecule has 0 fully saturated rings. The Kier molecular flexibility index (Phi) is 2.40. The molecule has 0 spiro atoms. The summed E-state index contributed by atoms with van der Waals surface area (Å²) in [6, 6.07) is 6.10. The highest BCUT2D eigenvalue weighted by atomic mass is 127. The van der Waals surface area contributed by atoms with Gasteiger partial charge in [0.15, 0.2) is 5.82 Å². The van der Waals surface area contributed by atoms with E-state index in [-0.39, 0.29) is 5.95 Å². The molecule has 0 bridgehead atoms. The van der Waals surface area contributed by atoms with Crippen LogP contribution in [0.2, 0.25) is 0 Å². The zero-order valence-corrected chi connectivity index (χ0v) is 9.74. The minimum Gasteiger partial charge on any atom is -0.366 e. The molecular weight excluding hydrogens is 291 g/mol. The molecule has 2 aromatic rings. The van der Waals surface area contributed by atoms with Crippen LogP contribution in [-0.4, -0.2) is 15.2 Å². The molecular formula is C9H9IN4. The van der Waals surface area contributed by atoms with Gasteiger partial charge >= 0.3 is 0 Å². The number of anilines is 1. The summed E-state index contributed by atoms with van der Waals surface area (Å²) in [6.07, 6.45) is 0. The maximum Gasteiger partial charge on any atom is 0.239 e. The average Bonchev–Trinajstić information content (AvgIpc) is 2.57. The second-order valence-corrected chi connectivity index (χ2v) is 4.17. The van der Waals surface area contributed by atoms with Crippen molar-refractivity contribution in [3.8, 4) is 11.4 Å². The summed E-state index contributed by atoms with van der Waals surface area (Å²) in [7, 11) is 0. The van der Waals surface area contributed by atoms with E-state index in [1.807, 2.05) is 12.1 Å². The first-order valence-corrected chi connectivity index (χ1v) is 5.19. The van der Waals surface area contributed by atoms with Gasteiger partial charge in [0, 0.05) is 9.13 Å². The lowest BCUT2D eigenvalue weighted by atomic mass is 10.1. The monoisotopic (exact) mass is 300 g/mol. The molecule has 0 saturated carbocycles. The molecule has 0 radical (unpaired) electrons. The van der Waals surface area contributed by atoms with Crippen LogP contribution in [0.3, 0.4) is 0 Å². The van der Waals surface area contributed by atoms with Crippen molar-refractivity contribution in [3.63, 3.8) is 0 Å². The van der Waals surface area contributed by atoms with E-state index in [9.17, 15) is 0 Å². The largest absolute Gasteiger partial charge is 0.366 e. The van der Waals surface area contributed by atoms with E-state index in [2.05, 4.69) is 50.8 Å². The smallest absolute Gasteiger partial charge is 0.239 e. The maximum absolute atomic E-state index is 5.43. The summed E-state index contributed by atoms with van der Waals surface area (Å²) in [5.74, 6) is 0.984.